The first-order valence-corrected chi connectivity index (χ1v) is 22.5. The van der Waals surface area contributed by atoms with Crippen LogP contribution < -0.4 is 0 Å². The number of aliphatic carboxylic acids is 1. The summed E-state index contributed by atoms with van der Waals surface area (Å²) in [4.78, 5) is 22.4. The van der Waals surface area contributed by atoms with Crippen LogP contribution in [0.4, 0.5) is 0 Å². The Morgan fingerprint density at radius 1 is 0.510 bits per heavy atom. The highest BCUT2D eigenvalue weighted by atomic mass is 16.6. The number of ether oxygens (including phenoxy) is 3. The van der Waals surface area contributed by atoms with Gasteiger partial charge in [0.2, 0.25) is 0 Å². The van der Waals surface area contributed by atoms with Gasteiger partial charge in [0, 0.05) is 18.3 Å². The van der Waals surface area contributed by atoms with Crippen molar-refractivity contribution >= 4 is 11.9 Å². The second-order valence-electron chi connectivity index (χ2n) is 16.5. The van der Waals surface area contributed by atoms with Crippen molar-refractivity contribution in [1.29, 1.82) is 0 Å². The van der Waals surface area contributed by atoms with Gasteiger partial charge in [-0.05, 0) is 51.4 Å². The molecule has 0 amide bonds. The van der Waals surface area contributed by atoms with Gasteiger partial charge in [-0.3, -0.25) is 9.59 Å². The number of carbonyl (C=O) groups is 2. The molecule has 6 heteroatoms. The first-order valence-electron chi connectivity index (χ1n) is 22.5. The van der Waals surface area contributed by atoms with Gasteiger partial charge in [0.1, 0.15) is 0 Å². The van der Waals surface area contributed by atoms with Gasteiger partial charge in [0.25, 0.3) is 0 Å². The smallest absolute Gasteiger partial charge is 0.305 e. The van der Waals surface area contributed by atoms with E-state index in [9.17, 15) is 9.59 Å². The van der Waals surface area contributed by atoms with Crippen molar-refractivity contribution in [3.8, 4) is 0 Å². The van der Waals surface area contributed by atoms with Crippen molar-refractivity contribution < 1.29 is 28.9 Å². The summed E-state index contributed by atoms with van der Waals surface area (Å²) < 4.78 is 17.1. The highest BCUT2D eigenvalue weighted by Gasteiger charge is 2.37. The van der Waals surface area contributed by atoms with E-state index in [4.69, 9.17) is 19.3 Å². The Hall–Kier alpha value is -1.14. The molecule has 0 aromatic rings. The third-order valence-corrected chi connectivity index (χ3v) is 11.4. The minimum atomic E-state index is -0.668. The average molecular weight is 723 g/mol. The molecule has 2 saturated heterocycles. The van der Waals surface area contributed by atoms with Crippen LogP contribution in [0.2, 0.25) is 0 Å². The molecule has 0 aliphatic carbocycles. The Kier molecular flexibility index (Phi) is 30.3. The summed E-state index contributed by atoms with van der Waals surface area (Å²) >= 11 is 0. The molecule has 302 valence electrons. The van der Waals surface area contributed by atoms with Crippen LogP contribution in [0.1, 0.15) is 240 Å². The second-order valence-corrected chi connectivity index (χ2v) is 16.5. The summed E-state index contributed by atoms with van der Waals surface area (Å²) in [6, 6.07) is 0. The molecule has 0 saturated carbocycles. The quantitative estimate of drug-likeness (QED) is 0.0393. The van der Waals surface area contributed by atoms with Crippen molar-refractivity contribution in [1.82, 2.24) is 0 Å². The van der Waals surface area contributed by atoms with E-state index < -0.39 is 5.97 Å². The van der Waals surface area contributed by atoms with Crippen LogP contribution in [0.3, 0.4) is 0 Å². The molecular formula is C45H86O6. The second kappa shape index (κ2) is 32.3. The molecule has 2 rings (SSSR count). The Labute approximate surface area is 316 Å². The van der Waals surface area contributed by atoms with Crippen molar-refractivity contribution in [3.63, 3.8) is 0 Å². The van der Waals surface area contributed by atoms with Crippen molar-refractivity contribution in [2.45, 2.75) is 265 Å². The van der Waals surface area contributed by atoms with Gasteiger partial charge in [-0.2, -0.15) is 0 Å². The molecule has 2 fully saturated rings. The zero-order chi connectivity index (χ0) is 37.4. The molecule has 2 aliphatic rings. The monoisotopic (exact) mass is 723 g/mol. The molecule has 0 radical (unpaired) electrons. The maximum absolute atomic E-state index is 12.0. The van der Waals surface area contributed by atoms with Crippen LogP contribution in [-0.4, -0.2) is 48.1 Å². The Morgan fingerprint density at radius 2 is 0.863 bits per heavy atom. The van der Waals surface area contributed by atoms with Gasteiger partial charge < -0.3 is 19.3 Å². The predicted octanol–water partition coefficient (Wildman–Crippen LogP) is 13.7. The lowest BCUT2D eigenvalue weighted by Crippen LogP contribution is -2.24. The molecule has 5 unspecified atom stereocenters. The summed E-state index contributed by atoms with van der Waals surface area (Å²) in [5.41, 5.74) is 0.156. The number of carbonyl (C=O) groups excluding carboxylic acids is 1. The number of esters is 1. The molecule has 0 aromatic carbocycles. The summed E-state index contributed by atoms with van der Waals surface area (Å²) in [7, 11) is 0. The fraction of sp³-hybridized carbons (Fsp3) is 0.956. The van der Waals surface area contributed by atoms with Gasteiger partial charge in [-0.25, -0.2) is 0 Å². The van der Waals surface area contributed by atoms with E-state index in [1.54, 1.807) is 0 Å². The standard InChI is InChI=1S/C27H52O3.C18H34O3/c1-5-8-10-11-13-16-19-24-25(30-24)20-17-14-12-15-18-21-26(28)29-23-27(4,7-3)22-9-6-2;1-2-3-4-5-7-10-13-16-17(21-16)14-11-8-6-9-12-15-18(19)20/h24-25H,5-23H2,1-4H3;16-17H,2-15H2,1H3,(H,19,20). The van der Waals surface area contributed by atoms with E-state index in [1.807, 2.05) is 0 Å². The summed E-state index contributed by atoms with van der Waals surface area (Å²) in [6.45, 7) is 11.8. The average Bonchev–Trinajstić information content (AvgIpc) is 4.06. The van der Waals surface area contributed by atoms with E-state index >= 15 is 0 Å². The molecule has 6 nitrogen and oxygen atoms in total. The summed E-state index contributed by atoms with van der Waals surface area (Å²) in [5, 5.41) is 8.54. The zero-order valence-corrected chi connectivity index (χ0v) is 34.6. The molecule has 0 aromatic heterocycles. The fourth-order valence-corrected chi connectivity index (χ4v) is 7.20. The molecule has 1 N–H and O–H groups in total. The van der Waals surface area contributed by atoms with E-state index in [1.165, 1.54) is 154 Å². The van der Waals surface area contributed by atoms with E-state index in [-0.39, 0.29) is 11.4 Å². The molecule has 0 spiro atoms. The Morgan fingerprint density at radius 3 is 1.24 bits per heavy atom. The van der Waals surface area contributed by atoms with Gasteiger partial charge in [0.15, 0.2) is 0 Å². The van der Waals surface area contributed by atoms with Gasteiger partial charge >= 0.3 is 11.9 Å². The lowest BCUT2D eigenvalue weighted by Gasteiger charge is -2.27. The third kappa shape index (κ3) is 29.0. The maximum Gasteiger partial charge on any atom is 0.305 e. The fourth-order valence-electron chi connectivity index (χ4n) is 7.20. The number of unbranched alkanes of at least 4 members (excludes halogenated alkanes) is 19. The molecular weight excluding hydrogens is 636 g/mol. The van der Waals surface area contributed by atoms with Gasteiger partial charge in [-0.1, -0.05) is 176 Å². The minimum absolute atomic E-state index is 0.00455. The van der Waals surface area contributed by atoms with E-state index in [0.29, 0.717) is 43.9 Å². The first kappa shape index (κ1) is 47.9. The van der Waals surface area contributed by atoms with Crippen molar-refractivity contribution in [2.75, 3.05) is 6.61 Å². The van der Waals surface area contributed by atoms with Crippen LogP contribution in [0, 0.1) is 5.41 Å². The van der Waals surface area contributed by atoms with Crippen LogP contribution in [0.25, 0.3) is 0 Å². The summed E-state index contributed by atoms with van der Waals surface area (Å²) in [6.07, 6.45) is 40.6. The normalized spacial score (nSPS) is 20.3. The number of epoxide rings is 2. The molecule has 0 bridgehead atoms. The number of carboxylic acid groups (broad SMARTS) is 1. The number of carboxylic acids is 1. The molecule has 51 heavy (non-hydrogen) atoms. The van der Waals surface area contributed by atoms with Gasteiger partial charge in [-0.15, -0.1) is 0 Å². The third-order valence-electron chi connectivity index (χ3n) is 11.4. The maximum atomic E-state index is 12.0. The first-order chi connectivity index (χ1) is 24.8. The Balaban J connectivity index is 0.000000543. The number of hydrogen-bond donors (Lipinski definition) is 1. The molecule has 5 atom stereocenters. The van der Waals surface area contributed by atoms with Gasteiger partial charge in [0.05, 0.1) is 31.0 Å². The van der Waals surface area contributed by atoms with Crippen molar-refractivity contribution in [2.24, 2.45) is 5.41 Å². The van der Waals surface area contributed by atoms with E-state index in [0.717, 1.165) is 38.5 Å². The summed E-state index contributed by atoms with van der Waals surface area (Å²) in [5.74, 6) is -0.672. The highest BCUT2D eigenvalue weighted by molar-refractivity contribution is 5.69. The van der Waals surface area contributed by atoms with Crippen LogP contribution >= 0.6 is 0 Å². The number of hydrogen-bond acceptors (Lipinski definition) is 5. The van der Waals surface area contributed by atoms with Crippen LogP contribution in [0.5, 0.6) is 0 Å². The number of rotatable bonds is 36. The lowest BCUT2D eigenvalue weighted by atomic mass is 9.83. The zero-order valence-electron chi connectivity index (χ0n) is 34.6. The lowest BCUT2D eigenvalue weighted by molar-refractivity contribution is -0.147. The highest BCUT2D eigenvalue weighted by Crippen LogP contribution is 2.33. The Bertz CT molecular complexity index is 817. The SMILES string of the molecule is CCCCCCCCC1OC1CCCCCCCC(=O)O.CCCCCCCCC1OC1CCCCCCCC(=O)OCC(C)(CC)CCCC. The predicted molar refractivity (Wildman–Crippen MR) is 214 cm³/mol. The molecule has 2 heterocycles. The van der Waals surface area contributed by atoms with Crippen LogP contribution in [0.15, 0.2) is 0 Å². The largest absolute Gasteiger partial charge is 0.481 e. The van der Waals surface area contributed by atoms with E-state index in [2.05, 4.69) is 34.6 Å². The van der Waals surface area contributed by atoms with Crippen LogP contribution in [-0.2, 0) is 23.8 Å². The minimum Gasteiger partial charge on any atom is -0.481 e. The topological polar surface area (TPSA) is 88.7 Å². The van der Waals surface area contributed by atoms with Crippen molar-refractivity contribution in [3.05, 3.63) is 0 Å². The molecule has 2 aliphatic heterocycles.